The van der Waals surface area contributed by atoms with Gasteiger partial charge in [-0.2, -0.15) is 0 Å². The van der Waals surface area contributed by atoms with Crippen molar-refractivity contribution in [2.45, 2.75) is 51.5 Å². The minimum absolute atomic E-state index is 0. The van der Waals surface area contributed by atoms with Crippen molar-refractivity contribution in [2.75, 3.05) is 13.1 Å². The minimum atomic E-state index is -0.0376. The first-order valence-electron chi connectivity index (χ1n) is 7.55. The normalized spacial score (nSPS) is 18.1. The van der Waals surface area contributed by atoms with Crippen molar-refractivity contribution in [1.29, 1.82) is 0 Å². The zero-order chi connectivity index (χ0) is 14.6. The molecule has 0 bridgehead atoms. The Kier molecular flexibility index (Phi) is 6.69. The predicted molar refractivity (Wildman–Crippen MR) is 90.1 cm³/mol. The molecule has 0 radical (unpaired) electrons. The highest BCUT2D eigenvalue weighted by Gasteiger charge is 2.24. The van der Waals surface area contributed by atoms with Gasteiger partial charge in [-0.3, -0.25) is 4.79 Å². The molecule has 21 heavy (non-hydrogen) atoms. The van der Waals surface area contributed by atoms with Crippen LogP contribution in [-0.2, 0) is 10.2 Å². The van der Waals surface area contributed by atoms with E-state index in [0.29, 0.717) is 19.0 Å². The first-order valence-corrected chi connectivity index (χ1v) is 7.55. The van der Waals surface area contributed by atoms with Gasteiger partial charge in [0.2, 0.25) is 5.91 Å². The highest BCUT2D eigenvalue weighted by Crippen LogP contribution is 2.25. The molecule has 1 amide bonds. The second-order valence-corrected chi connectivity index (χ2v) is 6.47. The summed E-state index contributed by atoms with van der Waals surface area (Å²) in [4.78, 5) is 12.0. The van der Waals surface area contributed by atoms with Crippen LogP contribution in [0.25, 0.3) is 0 Å². The lowest BCUT2D eigenvalue weighted by Crippen LogP contribution is -2.39. The molecule has 1 saturated heterocycles. The molecule has 1 fully saturated rings. The molecule has 0 aromatic heterocycles. The van der Waals surface area contributed by atoms with Gasteiger partial charge in [0.1, 0.15) is 0 Å². The van der Waals surface area contributed by atoms with Crippen molar-refractivity contribution in [3.8, 4) is 0 Å². The van der Waals surface area contributed by atoms with E-state index in [2.05, 4.69) is 55.7 Å². The summed E-state index contributed by atoms with van der Waals surface area (Å²) >= 11 is 0. The van der Waals surface area contributed by atoms with Crippen molar-refractivity contribution in [1.82, 2.24) is 10.6 Å². The molecule has 0 spiro atoms. The molecule has 1 heterocycles. The Morgan fingerprint density at radius 2 is 2.10 bits per heavy atom. The topological polar surface area (TPSA) is 41.1 Å². The third-order valence-electron chi connectivity index (χ3n) is 4.20. The summed E-state index contributed by atoms with van der Waals surface area (Å²) in [5, 5.41) is 6.46. The molecule has 1 aromatic rings. The highest BCUT2D eigenvalue weighted by molar-refractivity contribution is 5.85. The summed E-state index contributed by atoms with van der Waals surface area (Å²) < 4.78 is 0. The monoisotopic (exact) mass is 310 g/mol. The number of aryl methyl sites for hydroxylation is 1. The fourth-order valence-corrected chi connectivity index (χ4v) is 2.97. The lowest BCUT2D eigenvalue weighted by atomic mass is 9.82. The van der Waals surface area contributed by atoms with Crippen LogP contribution < -0.4 is 10.6 Å². The maximum absolute atomic E-state index is 12.0. The smallest absolute Gasteiger partial charge is 0.221 e. The Balaban J connectivity index is 0.00000220. The summed E-state index contributed by atoms with van der Waals surface area (Å²) in [5.41, 5.74) is 2.55. The third-order valence-corrected chi connectivity index (χ3v) is 4.20. The van der Waals surface area contributed by atoms with Gasteiger partial charge >= 0.3 is 0 Å². The van der Waals surface area contributed by atoms with E-state index in [-0.39, 0.29) is 23.7 Å². The number of rotatable bonds is 5. The maximum atomic E-state index is 12.0. The first-order chi connectivity index (χ1) is 9.49. The number of carbonyl (C=O) groups is 1. The van der Waals surface area contributed by atoms with Crippen molar-refractivity contribution in [3.63, 3.8) is 0 Å². The Hall–Kier alpha value is -1.06. The molecule has 3 nitrogen and oxygen atoms in total. The van der Waals surface area contributed by atoms with Crippen molar-refractivity contribution >= 4 is 18.3 Å². The maximum Gasteiger partial charge on any atom is 0.221 e. The van der Waals surface area contributed by atoms with Crippen LogP contribution in [0.1, 0.15) is 44.2 Å². The quantitative estimate of drug-likeness (QED) is 0.878. The minimum Gasteiger partial charge on any atom is -0.355 e. The van der Waals surface area contributed by atoms with Crippen LogP contribution >= 0.6 is 12.4 Å². The van der Waals surface area contributed by atoms with Gasteiger partial charge in [-0.1, -0.05) is 38.1 Å². The van der Waals surface area contributed by atoms with Crippen LogP contribution in [0.3, 0.4) is 0 Å². The van der Waals surface area contributed by atoms with Crippen LogP contribution in [0.2, 0.25) is 0 Å². The summed E-state index contributed by atoms with van der Waals surface area (Å²) in [6, 6.07) is 8.77. The molecular formula is C17H27ClN2O. The molecule has 0 saturated carbocycles. The molecule has 1 aromatic carbocycles. The Morgan fingerprint density at radius 3 is 2.71 bits per heavy atom. The predicted octanol–water partition coefficient (Wildman–Crippen LogP) is 2.95. The van der Waals surface area contributed by atoms with Gasteiger partial charge in [0.15, 0.2) is 0 Å². The van der Waals surface area contributed by atoms with E-state index in [1.807, 2.05) is 0 Å². The Labute approximate surface area is 134 Å². The van der Waals surface area contributed by atoms with Gasteiger partial charge in [0.05, 0.1) is 0 Å². The van der Waals surface area contributed by atoms with Gasteiger partial charge in [-0.15, -0.1) is 12.4 Å². The van der Waals surface area contributed by atoms with Crippen LogP contribution in [0.15, 0.2) is 24.3 Å². The van der Waals surface area contributed by atoms with Crippen LogP contribution in [0.5, 0.6) is 0 Å². The molecule has 0 aliphatic carbocycles. The summed E-state index contributed by atoms with van der Waals surface area (Å²) in [6.07, 6.45) is 2.91. The number of halogens is 1. The van der Waals surface area contributed by atoms with Gasteiger partial charge in [-0.25, -0.2) is 0 Å². The van der Waals surface area contributed by atoms with Crippen molar-refractivity contribution < 1.29 is 4.79 Å². The third kappa shape index (κ3) is 5.01. The van der Waals surface area contributed by atoms with E-state index >= 15 is 0 Å². The molecule has 118 valence electrons. The van der Waals surface area contributed by atoms with Crippen molar-refractivity contribution in [3.05, 3.63) is 35.4 Å². The first kappa shape index (κ1) is 18.0. The van der Waals surface area contributed by atoms with Crippen LogP contribution in [0.4, 0.5) is 0 Å². The zero-order valence-electron chi connectivity index (χ0n) is 13.2. The SMILES string of the molecule is Cc1ccccc1C(C)(C)CNC(=O)CC1CCCN1.Cl. The summed E-state index contributed by atoms with van der Waals surface area (Å²) in [7, 11) is 0. The number of benzene rings is 1. The average molecular weight is 311 g/mol. The number of carbonyl (C=O) groups excluding carboxylic acids is 1. The molecule has 2 rings (SSSR count). The molecule has 4 heteroatoms. The van der Waals surface area contributed by atoms with Crippen molar-refractivity contribution in [2.24, 2.45) is 0 Å². The largest absolute Gasteiger partial charge is 0.355 e. The van der Waals surface area contributed by atoms with Gasteiger partial charge in [0, 0.05) is 24.4 Å². The second-order valence-electron chi connectivity index (χ2n) is 6.47. The Morgan fingerprint density at radius 1 is 1.38 bits per heavy atom. The van der Waals surface area contributed by atoms with Gasteiger partial charge < -0.3 is 10.6 Å². The number of nitrogens with one attached hydrogen (secondary N) is 2. The summed E-state index contributed by atoms with van der Waals surface area (Å²) in [6.45, 7) is 8.23. The van der Waals surface area contributed by atoms with E-state index in [9.17, 15) is 4.79 Å². The molecule has 1 aliphatic heterocycles. The molecule has 1 aliphatic rings. The van der Waals surface area contributed by atoms with E-state index < -0.39 is 0 Å². The van der Waals surface area contributed by atoms with Gasteiger partial charge in [0.25, 0.3) is 0 Å². The van der Waals surface area contributed by atoms with E-state index in [4.69, 9.17) is 0 Å². The average Bonchev–Trinajstić information content (AvgIpc) is 2.90. The van der Waals surface area contributed by atoms with Crippen LogP contribution in [-0.4, -0.2) is 25.0 Å². The summed E-state index contributed by atoms with van der Waals surface area (Å²) in [5.74, 6) is 0.158. The fraction of sp³-hybridized carbons (Fsp3) is 0.588. The highest BCUT2D eigenvalue weighted by atomic mass is 35.5. The van der Waals surface area contributed by atoms with E-state index in [1.54, 1.807) is 0 Å². The molecular weight excluding hydrogens is 284 g/mol. The number of amides is 1. The Bertz CT molecular complexity index is 468. The van der Waals surface area contributed by atoms with Gasteiger partial charge in [-0.05, 0) is 37.4 Å². The molecule has 1 unspecified atom stereocenters. The second kappa shape index (κ2) is 7.81. The lowest BCUT2D eigenvalue weighted by molar-refractivity contribution is -0.121. The number of hydrogen-bond donors (Lipinski definition) is 2. The standard InChI is InChI=1S/C17H26N2O.ClH/c1-13-7-4-5-9-15(13)17(2,3)12-19-16(20)11-14-8-6-10-18-14;/h4-5,7,9,14,18H,6,8,10-12H2,1-3H3,(H,19,20);1H. The number of hydrogen-bond acceptors (Lipinski definition) is 2. The fourth-order valence-electron chi connectivity index (χ4n) is 2.97. The van der Waals surface area contributed by atoms with Crippen LogP contribution in [0, 0.1) is 6.92 Å². The lowest BCUT2D eigenvalue weighted by Gasteiger charge is -2.27. The molecule has 1 atom stereocenters. The molecule has 2 N–H and O–H groups in total. The van der Waals surface area contributed by atoms with E-state index in [0.717, 1.165) is 13.0 Å². The zero-order valence-corrected chi connectivity index (χ0v) is 14.1. The van der Waals surface area contributed by atoms with E-state index in [1.165, 1.54) is 17.5 Å².